The number of fused-ring (bicyclic) bond motifs is 1. The molecule has 0 aliphatic rings. The summed E-state index contributed by atoms with van der Waals surface area (Å²) < 4.78 is 2.05. The Morgan fingerprint density at radius 2 is 1.85 bits per heavy atom. The Labute approximate surface area is 160 Å². The van der Waals surface area contributed by atoms with Crippen LogP contribution in [0, 0.1) is 19.8 Å². The lowest BCUT2D eigenvalue weighted by Gasteiger charge is -2.13. The second kappa shape index (κ2) is 7.87. The number of anilines is 1. The molecule has 26 heavy (non-hydrogen) atoms. The van der Waals surface area contributed by atoms with Gasteiger partial charge in [0.25, 0.3) is 0 Å². The number of aromatic nitrogens is 2. The summed E-state index contributed by atoms with van der Waals surface area (Å²) in [5.74, 6) is 0.547. The van der Waals surface area contributed by atoms with Gasteiger partial charge in [-0.15, -0.1) is 0 Å². The minimum absolute atomic E-state index is 0.547. The summed E-state index contributed by atoms with van der Waals surface area (Å²) in [4.78, 5) is 0. The van der Waals surface area contributed by atoms with Crippen molar-refractivity contribution in [3.05, 3.63) is 59.4 Å². The third-order valence-corrected chi connectivity index (χ3v) is 4.74. The summed E-state index contributed by atoms with van der Waals surface area (Å²) in [6, 6.07) is 14.9. The standard InChI is InChI=1S/C21H26N4S/c1-14(2)12-22-21(26)23-20-15(3)24-25(16(20)4)13-18-10-7-9-17-8-5-6-11-19(17)18/h5-11,14H,12-13H2,1-4H3,(H2,22,23,26). The molecule has 0 atom stereocenters. The van der Waals surface area contributed by atoms with E-state index in [0.29, 0.717) is 11.0 Å². The van der Waals surface area contributed by atoms with Crippen molar-refractivity contribution in [2.24, 2.45) is 5.92 Å². The van der Waals surface area contributed by atoms with Gasteiger partial charge in [-0.1, -0.05) is 56.3 Å². The maximum absolute atomic E-state index is 5.42. The molecule has 0 saturated carbocycles. The molecule has 0 unspecified atom stereocenters. The van der Waals surface area contributed by atoms with Gasteiger partial charge in [-0.05, 0) is 48.3 Å². The molecule has 0 radical (unpaired) electrons. The minimum atomic E-state index is 0.547. The predicted molar refractivity (Wildman–Crippen MR) is 114 cm³/mol. The molecule has 136 valence electrons. The monoisotopic (exact) mass is 366 g/mol. The second-order valence-corrected chi connectivity index (χ2v) is 7.48. The van der Waals surface area contributed by atoms with Crippen molar-refractivity contribution in [2.75, 3.05) is 11.9 Å². The van der Waals surface area contributed by atoms with E-state index in [-0.39, 0.29) is 0 Å². The zero-order valence-electron chi connectivity index (χ0n) is 15.8. The van der Waals surface area contributed by atoms with Crippen molar-refractivity contribution in [1.29, 1.82) is 0 Å². The van der Waals surface area contributed by atoms with E-state index < -0.39 is 0 Å². The quantitative estimate of drug-likeness (QED) is 0.645. The molecule has 0 spiro atoms. The number of hydrogen-bond donors (Lipinski definition) is 2. The van der Waals surface area contributed by atoms with Crippen LogP contribution in [0.25, 0.3) is 10.8 Å². The number of hydrogen-bond acceptors (Lipinski definition) is 2. The molecule has 3 aromatic rings. The smallest absolute Gasteiger partial charge is 0.170 e. The average molecular weight is 367 g/mol. The van der Waals surface area contributed by atoms with Gasteiger partial charge in [0, 0.05) is 6.54 Å². The van der Waals surface area contributed by atoms with Gasteiger partial charge in [0.15, 0.2) is 5.11 Å². The van der Waals surface area contributed by atoms with Crippen LogP contribution in [0.4, 0.5) is 5.69 Å². The Morgan fingerprint density at radius 1 is 1.12 bits per heavy atom. The van der Waals surface area contributed by atoms with Crippen molar-refractivity contribution >= 4 is 33.8 Å². The van der Waals surface area contributed by atoms with Gasteiger partial charge in [0.2, 0.25) is 0 Å². The first kappa shape index (κ1) is 18.4. The number of benzene rings is 2. The van der Waals surface area contributed by atoms with Crippen molar-refractivity contribution in [3.8, 4) is 0 Å². The third-order valence-electron chi connectivity index (χ3n) is 4.49. The van der Waals surface area contributed by atoms with Gasteiger partial charge in [0.05, 0.1) is 23.6 Å². The SMILES string of the molecule is Cc1nn(Cc2cccc3ccccc23)c(C)c1NC(=S)NCC(C)C. The van der Waals surface area contributed by atoms with Gasteiger partial charge >= 0.3 is 0 Å². The molecule has 0 aliphatic heterocycles. The van der Waals surface area contributed by atoms with Gasteiger partial charge in [-0.2, -0.15) is 5.10 Å². The Bertz CT molecular complexity index is 922. The first-order chi connectivity index (χ1) is 12.5. The van der Waals surface area contributed by atoms with E-state index in [1.807, 2.05) is 11.6 Å². The lowest BCUT2D eigenvalue weighted by molar-refractivity contribution is 0.627. The molecular weight excluding hydrogens is 340 g/mol. The largest absolute Gasteiger partial charge is 0.362 e. The van der Waals surface area contributed by atoms with Crippen LogP contribution in [-0.2, 0) is 6.54 Å². The highest BCUT2D eigenvalue weighted by Crippen LogP contribution is 2.23. The number of rotatable bonds is 5. The fourth-order valence-electron chi connectivity index (χ4n) is 3.08. The van der Waals surface area contributed by atoms with E-state index in [9.17, 15) is 0 Å². The molecular formula is C21H26N4S. The third kappa shape index (κ3) is 4.05. The Balaban J connectivity index is 1.82. The van der Waals surface area contributed by atoms with Crippen LogP contribution in [-0.4, -0.2) is 21.4 Å². The van der Waals surface area contributed by atoms with Crippen LogP contribution in [0.5, 0.6) is 0 Å². The number of nitrogens with zero attached hydrogens (tertiary/aromatic N) is 2. The van der Waals surface area contributed by atoms with Crippen LogP contribution in [0.15, 0.2) is 42.5 Å². The molecule has 0 fully saturated rings. The Morgan fingerprint density at radius 3 is 2.62 bits per heavy atom. The van der Waals surface area contributed by atoms with E-state index in [2.05, 4.69) is 73.9 Å². The summed E-state index contributed by atoms with van der Waals surface area (Å²) >= 11 is 5.42. The summed E-state index contributed by atoms with van der Waals surface area (Å²) in [6.45, 7) is 10.0. The van der Waals surface area contributed by atoms with E-state index in [1.54, 1.807) is 0 Å². The molecule has 3 rings (SSSR count). The van der Waals surface area contributed by atoms with Crippen molar-refractivity contribution < 1.29 is 0 Å². The molecule has 0 amide bonds. The molecule has 0 aliphatic carbocycles. The fraction of sp³-hybridized carbons (Fsp3) is 0.333. The Hall–Kier alpha value is -2.40. The summed E-state index contributed by atoms with van der Waals surface area (Å²) in [7, 11) is 0. The van der Waals surface area contributed by atoms with E-state index in [0.717, 1.165) is 30.2 Å². The normalized spacial score (nSPS) is 11.1. The highest BCUT2D eigenvalue weighted by Gasteiger charge is 2.14. The molecule has 2 N–H and O–H groups in total. The van der Waals surface area contributed by atoms with Crippen molar-refractivity contribution in [3.63, 3.8) is 0 Å². The molecule has 1 aromatic heterocycles. The highest BCUT2D eigenvalue weighted by molar-refractivity contribution is 7.80. The van der Waals surface area contributed by atoms with Crippen LogP contribution >= 0.6 is 12.2 Å². The topological polar surface area (TPSA) is 41.9 Å². The maximum atomic E-state index is 5.42. The van der Waals surface area contributed by atoms with Crippen molar-refractivity contribution in [1.82, 2.24) is 15.1 Å². The minimum Gasteiger partial charge on any atom is -0.362 e. The summed E-state index contributed by atoms with van der Waals surface area (Å²) in [5, 5.41) is 14.5. The van der Waals surface area contributed by atoms with Gasteiger partial charge in [-0.25, -0.2) is 0 Å². The number of nitrogens with one attached hydrogen (secondary N) is 2. The zero-order valence-corrected chi connectivity index (χ0v) is 16.7. The van der Waals surface area contributed by atoms with E-state index >= 15 is 0 Å². The zero-order chi connectivity index (χ0) is 18.7. The molecule has 2 aromatic carbocycles. The molecule has 0 bridgehead atoms. The summed E-state index contributed by atoms with van der Waals surface area (Å²) in [5.41, 5.74) is 4.30. The first-order valence-electron chi connectivity index (χ1n) is 9.01. The van der Waals surface area contributed by atoms with Crippen molar-refractivity contribution in [2.45, 2.75) is 34.2 Å². The van der Waals surface area contributed by atoms with Crippen LogP contribution in [0.2, 0.25) is 0 Å². The summed E-state index contributed by atoms with van der Waals surface area (Å²) in [6.07, 6.45) is 0. The van der Waals surface area contributed by atoms with Gasteiger partial charge < -0.3 is 10.6 Å². The van der Waals surface area contributed by atoms with Crippen LogP contribution < -0.4 is 10.6 Å². The average Bonchev–Trinajstić information content (AvgIpc) is 2.88. The van der Waals surface area contributed by atoms with Gasteiger partial charge in [0.1, 0.15) is 0 Å². The van der Waals surface area contributed by atoms with E-state index in [4.69, 9.17) is 17.3 Å². The second-order valence-electron chi connectivity index (χ2n) is 7.07. The van der Waals surface area contributed by atoms with Crippen LogP contribution in [0.3, 0.4) is 0 Å². The Kier molecular flexibility index (Phi) is 5.57. The molecule has 0 saturated heterocycles. The maximum Gasteiger partial charge on any atom is 0.170 e. The lowest BCUT2D eigenvalue weighted by Crippen LogP contribution is -2.31. The van der Waals surface area contributed by atoms with Crippen LogP contribution in [0.1, 0.15) is 30.8 Å². The molecule has 5 heteroatoms. The fourth-order valence-corrected chi connectivity index (χ4v) is 3.26. The predicted octanol–water partition coefficient (Wildman–Crippen LogP) is 4.64. The first-order valence-corrected chi connectivity index (χ1v) is 9.42. The molecule has 4 nitrogen and oxygen atoms in total. The number of aryl methyl sites for hydroxylation is 1. The molecule has 1 heterocycles. The van der Waals surface area contributed by atoms with Gasteiger partial charge in [-0.3, -0.25) is 4.68 Å². The highest BCUT2D eigenvalue weighted by atomic mass is 32.1. The van der Waals surface area contributed by atoms with E-state index in [1.165, 1.54) is 16.3 Å². The lowest BCUT2D eigenvalue weighted by atomic mass is 10.0. The number of thiocarbonyl (C=S) groups is 1.